The van der Waals surface area contributed by atoms with E-state index in [9.17, 15) is 4.79 Å². The van der Waals surface area contributed by atoms with Gasteiger partial charge in [0.05, 0.1) is 31.6 Å². The van der Waals surface area contributed by atoms with Crippen LogP contribution in [0.5, 0.6) is 17.2 Å². The van der Waals surface area contributed by atoms with Gasteiger partial charge in [-0.1, -0.05) is 23.9 Å². The van der Waals surface area contributed by atoms with Gasteiger partial charge in [-0.25, -0.2) is 0 Å². The summed E-state index contributed by atoms with van der Waals surface area (Å²) >= 11 is 1.27. The van der Waals surface area contributed by atoms with Crippen LogP contribution in [-0.2, 0) is 0 Å². The molecule has 152 valence electrons. The normalized spacial score (nSPS) is 11.7. The first-order valence-electron chi connectivity index (χ1n) is 9.02. The zero-order valence-electron chi connectivity index (χ0n) is 16.7. The summed E-state index contributed by atoms with van der Waals surface area (Å²) in [5, 5.41) is 12.0. The molecular weight excluding hydrogens is 392 g/mol. The first-order chi connectivity index (χ1) is 14.1. The van der Waals surface area contributed by atoms with Gasteiger partial charge in [0.25, 0.3) is 0 Å². The first kappa shape index (κ1) is 20.7. The number of nitrogens with zero attached hydrogens (tertiary/aromatic N) is 4. The van der Waals surface area contributed by atoms with E-state index in [1.807, 2.05) is 38.1 Å². The summed E-state index contributed by atoms with van der Waals surface area (Å²) in [5.41, 5.74) is 1.19. The molecule has 0 amide bonds. The highest BCUT2D eigenvalue weighted by Gasteiger charge is 2.24. The fourth-order valence-corrected chi connectivity index (χ4v) is 3.61. The minimum absolute atomic E-state index is 0.0952. The Morgan fingerprint density at radius 3 is 2.66 bits per heavy atom. The number of ketones is 1. The minimum Gasteiger partial charge on any atom is -0.497 e. The number of ether oxygens (including phenoxy) is 3. The van der Waals surface area contributed by atoms with Crippen LogP contribution in [0.4, 0.5) is 0 Å². The van der Waals surface area contributed by atoms with Gasteiger partial charge in [0.15, 0.2) is 5.78 Å². The summed E-state index contributed by atoms with van der Waals surface area (Å²) in [4.78, 5) is 13.0. The number of hydrogen-bond acceptors (Lipinski definition) is 8. The molecule has 3 aromatic rings. The van der Waals surface area contributed by atoms with Crippen molar-refractivity contribution >= 4 is 17.5 Å². The van der Waals surface area contributed by atoms with E-state index in [1.54, 1.807) is 30.0 Å². The van der Waals surface area contributed by atoms with E-state index >= 15 is 0 Å². The number of aromatic nitrogens is 4. The smallest absolute Gasteiger partial charge is 0.214 e. The molecule has 3 rings (SSSR count). The molecule has 1 heterocycles. The molecule has 0 spiro atoms. The van der Waals surface area contributed by atoms with Gasteiger partial charge in [-0.3, -0.25) is 4.79 Å². The lowest BCUT2D eigenvalue weighted by Gasteiger charge is -2.14. The van der Waals surface area contributed by atoms with Crippen LogP contribution in [0.15, 0.2) is 47.6 Å². The van der Waals surface area contributed by atoms with Crippen LogP contribution in [0.3, 0.4) is 0 Å². The lowest BCUT2D eigenvalue weighted by Crippen LogP contribution is -2.16. The number of tetrazole rings is 1. The average Bonchev–Trinajstić information content (AvgIpc) is 3.21. The van der Waals surface area contributed by atoms with Gasteiger partial charge in [0.1, 0.15) is 22.9 Å². The highest BCUT2D eigenvalue weighted by Crippen LogP contribution is 2.32. The molecule has 0 saturated heterocycles. The summed E-state index contributed by atoms with van der Waals surface area (Å²) in [6.07, 6.45) is 0. The Labute approximate surface area is 173 Å². The third-order valence-corrected chi connectivity index (χ3v) is 5.19. The molecule has 2 aromatic carbocycles. The molecule has 29 heavy (non-hydrogen) atoms. The Morgan fingerprint density at radius 1 is 1.14 bits per heavy atom. The second-order valence-electron chi connectivity index (χ2n) is 5.96. The van der Waals surface area contributed by atoms with E-state index in [4.69, 9.17) is 14.2 Å². The predicted octanol–water partition coefficient (Wildman–Crippen LogP) is 3.44. The molecule has 0 aliphatic carbocycles. The van der Waals surface area contributed by atoms with Crippen LogP contribution in [0.1, 0.15) is 24.2 Å². The fourth-order valence-electron chi connectivity index (χ4n) is 2.75. The number of thioether (sulfide) groups is 1. The van der Waals surface area contributed by atoms with E-state index < -0.39 is 5.25 Å². The van der Waals surface area contributed by atoms with E-state index in [0.717, 1.165) is 0 Å². The summed E-state index contributed by atoms with van der Waals surface area (Å²) < 4.78 is 17.8. The average molecular weight is 414 g/mol. The number of carbonyl (C=O) groups excluding carboxylic acids is 1. The summed E-state index contributed by atoms with van der Waals surface area (Å²) in [5.74, 6) is 1.65. The molecule has 1 atom stereocenters. The van der Waals surface area contributed by atoms with E-state index in [-0.39, 0.29) is 5.78 Å². The molecule has 0 aliphatic rings. The highest BCUT2D eigenvalue weighted by molar-refractivity contribution is 8.00. The van der Waals surface area contributed by atoms with Gasteiger partial charge < -0.3 is 14.2 Å². The standard InChI is InChI=1S/C20H22N4O4S/c1-5-28-17-9-7-6-8-16(17)24-20(21-22-23-24)29-13(2)19(25)15-11-10-14(26-3)12-18(15)27-4/h6-13H,5H2,1-4H3/t13-/m1/s1. The molecule has 1 aromatic heterocycles. The third kappa shape index (κ3) is 4.51. The molecule has 0 radical (unpaired) electrons. The van der Waals surface area contributed by atoms with E-state index in [1.165, 1.54) is 18.9 Å². The van der Waals surface area contributed by atoms with Crippen LogP contribution >= 0.6 is 11.8 Å². The van der Waals surface area contributed by atoms with Crippen LogP contribution in [0, 0.1) is 0 Å². The summed E-state index contributed by atoms with van der Waals surface area (Å²) in [7, 11) is 3.09. The predicted molar refractivity (Wildman–Crippen MR) is 110 cm³/mol. The maximum absolute atomic E-state index is 13.0. The summed E-state index contributed by atoms with van der Waals surface area (Å²) in [6.45, 7) is 4.24. The number of hydrogen-bond donors (Lipinski definition) is 0. The topological polar surface area (TPSA) is 88.4 Å². The van der Waals surface area contributed by atoms with Crippen molar-refractivity contribution < 1.29 is 19.0 Å². The second kappa shape index (κ2) is 9.42. The van der Waals surface area contributed by atoms with Crippen LogP contribution in [0.2, 0.25) is 0 Å². The largest absolute Gasteiger partial charge is 0.497 e. The number of para-hydroxylation sites is 2. The minimum atomic E-state index is -0.443. The molecule has 0 N–H and O–H groups in total. The molecule has 0 saturated carbocycles. The number of Topliss-reactive ketones (excluding diaryl/α,β-unsaturated/α-hetero) is 1. The van der Waals surface area contributed by atoms with Gasteiger partial charge in [-0.2, -0.15) is 4.68 Å². The molecule has 9 heteroatoms. The zero-order chi connectivity index (χ0) is 20.8. The molecule has 0 fully saturated rings. The third-order valence-electron chi connectivity index (χ3n) is 4.16. The van der Waals surface area contributed by atoms with E-state index in [2.05, 4.69) is 15.5 Å². The maximum atomic E-state index is 13.0. The van der Waals surface area contributed by atoms with Crippen molar-refractivity contribution in [1.29, 1.82) is 0 Å². The van der Waals surface area contributed by atoms with Gasteiger partial charge >= 0.3 is 0 Å². The Bertz CT molecular complexity index is 992. The van der Waals surface area contributed by atoms with Crippen molar-refractivity contribution in [3.63, 3.8) is 0 Å². The Morgan fingerprint density at radius 2 is 1.93 bits per heavy atom. The van der Waals surface area contributed by atoms with E-state index in [0.29, 0.717) is 40.3 Å². The fraction of sp³-hybridized carbons (Fsp3) is 0.300. The second-order valence-corrected chi connectivity index (χ2v) is 7.27. The Balaban J connectivity index is 1.85. The van der Waals surface area contributed by atoms with Crippen molar-refractivity contribution in [2.75, 3.05) is 20.8 Å². The van der Waals surface area contributed by atoms with Gasteiger partial charge in [0, 0.05) is 6.07 Å². The highest BCUT2D eigenvalue weighted by atomic mass is 32.2. The van der Waals surface area contributed by atoms with Gasteiger partial charge in [0.2, 0.25) is 5.16 Å². The van der Waals surface area contributed by atoms with Crippen molar-refractivity contribution in [3.8, 4) is 22.9 Å². The number of rotatable bonds is 9. The summed E-state index contributed by atoms with van der Waals surface area (Å²) in [6, 6.07) is 12.6. The van der Waals surface area contributed by atoms with Crippen molar-refractivity contribution in [1.82, 2.24) is 20.2 Å². The number of benzene rings is 2. The SMILES string of the molecule is CCOc1ccccc1-n1nnnc1S[C@H](C)C(=O)c1ccc(OC)cc1OC. The Hall–Kier alpha value is -3.07. The number of methoxy groups -OCH3 is 2. The Kier molecular flexibility index (Phi) is 6.71. The first-order valence-corrected chi connectivity index (χ1v) is 9.90. The lowest BCUT2D eigenvalue weighted by atomic mass is 10.1. The van der Waals surface area contributed by atoms with Crippen molar-refractivity contribution in [2.24, 2.45) is 0 Å². The quantitative estimate of drug-likeness (QED) is 0.389. The van der Waals surface area contributed by atoms with Crippen LogP contribution < -0.4 is 14.2 Å². The molecule has 0 aliphatic heterocycles. The van der Waals surface area contributed by atoms with Crippen LogP contribution in [-0.4, -0.2) is 52.1 Å². The molecule has 0 bridgehead atoms. The monoisotopic (exact) mass is 414 g/mol. The molecule has 8 nitrogen and oxygen atoms in total. The maximum Gasteiger partial charge on any atom is 0.214 e. The van der Waals surface area contributed by atoms with Crippen molar-refractivity contribution in [3.05, 3.63) is 48.0 Å². The molecule has 0 unspecified atom stereocenters. The van der Waals surface area contributed by atoms with Crippen molar-refractivity contribution in [2.45, 2.75) is 24.3 Å². The van der Waals surface area contributed by atoms with Gasteiger partial charge in [-0.15, -0.1) is 5.10 Å². The zero-order valence-corrected chi connectivity index (χ0v) is 17.5. The molecular formula is C20H22N4O4S. The van der Waals surface area contributed by atoms with Crippen LogP contribution in [0.25, 0.3) is 5.69 Å². The number of carbonyl (C=O) groups is 1. The van der Waals surface area contributed by atoms with Gasteiger partial charge in [-0.05, 0) is 48.5 Å². The lowest BCUT2D eigenvalue weighted by molar-refractivity contribution is 0.0991.